The smallest absolute Gasteiger partial charge is 0.148 e. The van der Waals surface area contributed by atoms with Gasteiger partial charge in [0.05, 0.1) is 0 Å². The number of hydrogen-bond acceptors (Lipinski definition) is 4. The zero-order chi connectivity index (χ0) is 10.7. The Morgan fingerprint density at radius 1 is 1.53 bits per heavy atom. The first kappa shape index (κ1) is 10.4. The fourth-order valence-corrected chi connectivity index (χ4v) is 2.14. The highest BCUT2D eigenvalue weighted by molar-refractivity contribution is 5.33. The van der Waals surface area contributed by atoms with Crippen molar-refractivity contribution in [2.45, 2.75) is 19.4 Å². The van der Waals surface area contributed by atoms with Crippen LogP contribution < -0.4 is 5.32 Å². The molecular weight excluding hydrogens is 188 g/mol. The molecule has 0 amide bonds. The zero-order valence-corrected chi connectivity index (χ0v) is 9.35. The number of rotatable bonds is 2. The predicted octanol–water partition coefficient (Wildman–Crippen LogP) is 1.23. The normalized spacial score (nSPS) is 27.6. The number of aromatic nitrogens is 2. The second-order valence-corrected chi connectivity index (χ2v) is 4.39. The van der Waals surface area contributed by atoms with Crippen LogP contribution in [0, 0.1) is 5.92 Å². The third kappa shape index (κ3) is 2.65. The van der Waals surface area contributed by atoms with E-state index in [9.17, 15) is 0 Å². The second kappa shape index (κ2) is 4.57. The molecule has 1 saturated heterocycles. The number of anilines is 1. The van der Waals surface area contributed by atoms with E-state index in [-0.39, 0.29) is 0 Å². The highest BCUT2D eigenvalue weighted by Crippen LogP contribution is 2.18. The molecular formula is C11H18N4. The predicted molar refractivity (Wildman–Crippen MR) is 60.7 cm³/mol. The molecule has 4 heteroatoms. The van der Waals surface area contributed by atoms with E-state index >= 15 is 0 Å². The summed E-state index contributed by atoms with van der Waals surface area (Å²) in [6.45, 7) is 4.59. The SMILES string of the molecule is CC1CN(C)CCC1Nc1cccnn1. The highest BCUT2D eigenvalue weighted by Gasteiger charge is 2.23. The van der Waals surface area contributed by atoms with Crippen molar-refractivity contribution in [2.75, 3.05) is 25.5 Å². The Balaban J connectivity index is 1.95. The molecule has 2 unspecified atom stereocenters. The summed E-state index contributed by atoms with van der Waals surface area (Å²) in [5.41, 5.74) is 0. The van der Waals surface area contributed by atoms with Crippen LogP contribution in [0.2, 0.25) is 0 Å². The monoisotopic (exact) mass is 206 g/mol. The van der Waals surface area contributed by atoms with Crippen molar-refractivity contribution >= 4 is 5.82 Å². The van der Waals surface area contributed by atoms with E-state index in [0.717, 1.165) is 18.9 Å². The van der Waals surface area contributed by atoms with Gasteiger partial charge in [-0.3, -0.25) is 0 Å². The lowest BCUT2D eigenvalue weighted by Gasteiger charge is -2.35. The summed E-state index contributed by atoms with van der Waals surface area (Å²) in [7, 11) is 2.18. The lowest BCUT2D eigenvalue weighted by atomic mass is 9.94. The maximum Gasteiger partial charge on any atom is 0.148 e. The van der Waals surface area contributed by atoms with E-state index in [4.69, 9.17) is 0 Å². The molecule has 0 aliphatic carbocycles. The van der Waals surface area contributed by atoms with Crippen molar-refractivity contribution in [1.82, 2.24) is 15.1 Å². The Morgan fingerprint density at radius 3 is 3.07 bits per heavy atom. The summed E-state index contributed by atoms with van der Waals surface area (Å²) in [6, 6.07) is 4.41. The Kier molecular flexibility index (Phi) is 3.16. The van der Waals surface area contributed by atoms with Gasteiger partial charge >= 0.3 is 0 Å². The molecule has 2 heterocycles. The maximum atomic E-state index is 4.05. The summed E-state index contributed by atoms with van der Waals surface area (Å²) >= 11 is 0. The summed E-state index contributed by atoms with van der Waals surface area (Å²) in [4.78, 5) is 2.37. The van der Waals surface area contributed by atoms with E-state index in [2.05, 4.69) is 34.4 Å². The lowest BCUT2D eigenvalue weighted by Crippen LogP contribution is -2.43. The largest absolute Gasteiger partial charge is 0.365 e. The Bertz CT molecular complexity index is 301. The second-order valence-electron chi connectivity index (χ2n) is 4.39. The molecule has 1 fully saturated rings. The minimum absolute atomic E-state index is 0.526. The van der Waals surface area contributed by atoms with Gasteiger partial charge in [-0.15, -0.1) is 5.10 Å². The lowest BCUT2D eigenvalue weighted by molar-refractivity contribution is 0.206. The van der Waals surface area contributed by atoms with E-state index in [0.29, 0.717) is 12.0 Å². The maximum absolute atomic E-state index is 4.05. The number of nitrogens with one attached hydrogen (secondary N) is 1. The van der Waals surface area contributed by atoms with Gasteiger partial charge in [0, 0.05) is 18.8 Å². The van der Waals surface area contributed by atoms with Gasteiger partial charge < -0.3 is 10.2 Å². The van der Waals surface area contributed by atoms with Crippen LogP contribution >= 0.6 is 0 Å². The zero-order valence-electron chi connectivity index (χ0n) is 9.35. The van der Waals surface area contributed by atoms with Crippen LogP contribution in [0.1, 0.15) is 13.3 Å². The van der Waals surface area contributed by atoms with Crippen molar-refractivity contribution in [3.63, 3.8) is 0 Å². The Hall–Kier alpha value is -1.16. The minimum atomic E-state index is 0.526. The summed E-state index contributed by atoms with van der Waals surface area (Å²) in [5.74, 6) is 1.55. The van der Waals surface area contributed by atoms with Gasteiger partial charge in [-0.2, -0.15) is 5.10 Å². The fraction of sp³-hybridized carbons (Fsp3) is 0.636. The van der Waals surface area contributed by atoms with Crippen molar-refractivity contribution in [1.29, 1.82) is 0 Å². The molecule has 1 N–H and O–H groups in total. The third-order valence-electron chi connectivity index (χ3n) is 3.01. The fourth-order valence-electron chi connectivity index (χ4n) is 2.14. The quantitative estimate of drug-likeness (QED) is 0.790. The number of hydrogen-bond donors (Lipinski definition) is 1. The standard InChI is InChI=1S/C11H18N4/c1-9-8-15(2)7-5-10(9)13-11-4-3-6-12-14-11/h3-4,6,9-10H,5,7-8H2,1-2H3,(H,13,14). The molecule has 82 valence electrons. The van der Waals surface area contributed by atoms with Crippen LogP contribution in [0.15, 0.2) is 18.3 Å². The molecule has 0 spiro atoms. The highest BCUT2D eigenvalue weighted by atomic mass is 15.2. The molecule has 0 saturated carbocycles. The third-order valence-corrected chi connectivity index (χ3v) is 3.01. The van der Waals surface area contributed by atoms with Crippen LogP contribution in [0.5, 0.6) is 0 Å². The molecule has 0 radical (unpaired) electrons. The number of piperidine rings is 1. The van der Waals surface area contributed by atoms with Crippen LogP contribution in [0.3, 0.4) is 0 Å². The molecule has 0 aromatic carbocycles. The molecule has 2 rings (SSSR count). The first-order valence-corrected chi connectivity index (χ1v) is 5.48. The van der Waals surface area contributed by atoms with Gasteiger partial charge in [0.1, 0.15) is 5.82 Å². The topological polar surface area (TPSA) is 41.0 Å². The first-order valence-electron chi connectivity index (χ1n) is 5.48. The molecule has 1 aliphatic rings. The van der Waals surface area contributed by atoms with Gasteiger partial charge in [-0.1, -0.05) is 6.92 Å². The van der Waals surface area contributed by atoms with Crippen LogP contribution in [-0.4, -0.2) is 41.3 Å². The first-order chi connectivity index (χ1) is 7.25. The molecule has 4 nitrogen and oxygen atoms in total. The molecule has 1 aliphatic heterocycles. The van der Waals surface area contributed by atoms with Gasteiger partial charge in [0.25, 0.3) is 0 Å². The summed E-state index contributed by atoms with van der Waals surface area (Å²) < 4.78 is 0. The van der Waals surface area contributed by atoms with Gasteiger partial charge in [-0.05, 0) is 38.1 Å². The van der Waals surface area contributed by atoms with E-state index in [1.807, 2.05) is 12.1 Å². The van der Waals surface area contributed by atoms with Gasteiger partial charge in [0.2, 0.25) is 0 Å². The Morgan fingerprint density at radius 2 is 2.40 bits per heavy atom. The summed E-state index contributed by atoms with van der Waals surface area (Å²) in [6.07, 6.45) is 2.87. The average molecular weight is 206 g/mol. The van der Waals surface area contributed by atoms with Gasteiger partial charge in [0.15, 0.2) is 0 Å². The summed E-state index contributed by atoms with van der Waals surface area (Å²) in [5, 5.41) is 11.4. The van der Waals surface area contributed by atoms with Crippen molar-refractivity contribution < 1.29 is 0 Å². The van der Waals surface area contributed by atoms with E-state index in [1.54, 1.807) is 6.20 Å². The molecule has 0 bridgehead atoms. The van der Waals surface area contributed by atoms with Crippen LogP contribution in [0.25, 0.3) is 0 Å². The number of nitrogens with zero attached hydrogens (tertiary/aromatic N) is 3. The number of likely N-dealkylation sites (tertiary alicyclic amines) is 1. The van der Waals surface area contributed by atoms with Crippen molar-refractivity contribution in [3.05, 3.63) is 18.3 Å². The van der Waals surface area contributed by atoms with Crippen molar-refractivity contribution in [3.8, 4) is 0 Å². The van der Waals surface area contributed by atoms with Crippen LogP contribution in [-0.2, 0) is 0 Å². The molecule has 1 aromatic rings. The van der Waals surface area contributed by atoms with Gasteiger partial charge in [-0.25, -0.2) is 0 Å². The molecule has 2 atom stereocenters. The van der Waals surface area contributed by atoms with E-state index in [1.165, 1.54) is 6.42 Å². The van der Waals surface area contributed by atoms with Crippen molar-refractivity contribution in [2.24, 2.45) is 5.92 Å². The van der Waals surface area contributed by atoms with E-state index < -0.39 is 0 Å². The Labute approximate surface area is 90.7 Å². The average Bonchev–Trinajstić information content (AvgIpc) is 2.24. The molecule has 1 aromatic heterocycles. The van der Waals surface area contributed by atoms with Crippen LogP contribution in [0.4, 0.5) is 5.82 Å². The molecule has 15 heavy (non-hydrogen) atoms. The minimum Gasteiger partial charge on any atom is -0.365 e.